The van der Waals surface area contributed by atoms with Gasteiger partial charge in [-0.15, -0.1) is 0 Å². The molecule has 4 nitrogen and oxygen atoms in total. The molecule has 0 radical (unpaired) electrons. The molecule has 4 heteroatoms. The molecule has 0 N–H and O–H groups in total. The summed E-state index contributed by atoms with van der Waals surface area (Å²) in [5, 5.41) is 0. The van der Waals surface area contributed by atoms with Gasteiger partial charge in [0, 0.05) is 25.0 Å². The van der Waals surface area contributed by atoms with Crippen LogP contribution in [0.3, 0.4) is 0 Å². The summed E-state index contributed by atoms with van der Waals surface area (Å²) in [5.41, 5.74) is 5.62. The van der Waals surface area contributed by atoms with Crippen molar-refractivity contribution in [3.63, 3.8) is 0 Å². The topological polar surface area (TPSA) is 34.1 Å². The molecule has 0 amide bonds. The number of morpholine rings is 1. The van der Waals surface area contributed by atoms with Gasteiger partial charge in [-0.05, 0) is 73.0 Å². The maximum atomic E-state index is 5.95. The lowest BCUT2D eigenvalue weighted by Gasteiger charge is -2.29. The number of hydrogen-bond acceptors (Lipinski definition) is 4. The van der Waals surface area contributed by atoms with Gasteiger partial charge in [0.2, 0.25) is 0 Å². The Hall–Kier alpha value is -3.11. The van der Waals surface area contributed by atoms with Gasteiger partial charge < -0.3 is 14.4 Å². The molecule has 148 valence electrons. The number of rotatable bonds is 5. The first-order chi connectivity index (χ1) is 14.2. The summed E-state index contributed by atoms with van der Waals surface area (Å²) in [7, 11) is 0. The first-order valence-electron chi connectivity index (χ1n) is 10.00. The van der Waals surface area contributed by atoms with Crippen molar-refractivity contribution >= 4 is 17.6 Å². The molecule has 1 fully saturated rings. The van der Waals surface area contributed by atoms with Gasteiger partial charge in [-0.3, -0.25) is 4.99 Å². The second kappa shape index (κ2) is 8.93. The third-order valence-electron chi connectivity index (χ3n) is 5.14. The number of benzene rings is 3. The highest BCUT2D eigenvalue weighted by atomic mass is 16.5. The number of aliphatic imine (C=N–C) groups is 1. The summed E-state index contributed by atoms with van der Waals surface area (Å²) < 4.78 is 11.4. The summed E-state index contributed by atoms with van der Waals surface area (Å²) in [6.07, 6.45) is 1.93. The van der Waals surface area contributed by atoms with Crippen LogP contribution < -0.4 is 9.64 Å². The maximum Gasteiger partial charge on any atom is 0.130 e. The molecular formula is C25H26N2O2. The van der Waals surface area contributed by atoms with E-state index in [1.165, 1.54) is 11.3 Å². The Morgan fingerprint density at radius 2 is 1.66 bits per heavy atom. The van der Waals surface area contributed by atoms with Gasteiger partial charge in [0.1, 0.15) is 11.5 Å². The molecule has 1 heterocycles. The smallest absolute Gasteiger partial charge is 0.130 e. The highest BCUT2D eigenvalue weighted by molar-refractivity contribution is 5.84. The van der Waals surface area contributed by atoms with Crippen LogP contribution in [0.15, 0.2) is 71.7 Å². The zero-order valence-electron chi connectivity index (χ0n) is 17.0. The molecule has 1 saturated heterocycles. The van der Waals surface area contributed by atoms with Crippen molar-refractivity contribution in [1.82, 2.24) is 0 Å². The minimum Gasteiger partial charge on any atom is -0.457 e. The lowest BCUT2D eigenvalue weighted by molar-refractivity contribution is 0.122. The first kappa shape index (κ1) is 19.2. The van der Waals surface area contributed by atoms with Crippen molar-refractivity contribution < 1.29 is 9.47 Å². The third-order valence-corrected chi connectivity index (χ3v) is 5.14. The molecule has 0 atom stereocenters. The zero-order valence-corrected chi connectivity index (χ0v) is 17.0. The molecule has 3 aromatic carbocycles. The maximum absolute atomic E-state index is 5.95. The SMILES string of the molecule is Cc1cc(N2CCOCC2)ccc1C=Nc1ccc(Oc2ccccc2C)cc1. The van der Waals surface area contributed by atoms with Crippen molar-refractivity contribution in [1.29, 1.82) is 0 Å². The third kappa shape index (κ3) is 4.84. The number of para-hydroxylation sites is 1. The van der Waals surface area contributed by atoms with Crippen LogP contribution in [0.1, 0.15) is 16.7 Å². The summed E-state index contributed by atoms with van der Waals surface area (Å²) in [4.78, 5) is 7.00. The van der Waals surface area contributed by atoms with Gasteiger partial charge in [-0.2, -0.15) is 0 Å². The first-order valence-corrected chi connectivity index (χ1v) is 10.00. The van der Waals surface area contributed by atoms with Gasteiger partial charge in [0.05, 0.1) is 18.9 Å². The van der Waals surface area contributed by atoms with E-state index in [0.29, 0.717) is 0 Å². The van der Waals surface area contributed by atoms with E-state index in [1.54, 1.807) is 0 Å². The Morgan fingerprint density at radius 1 is 0.897 bits per heavy atom. The minimum atomic E-state index is 0.797. The molecule has 0 unspecified atom stereocenters. The Kier molecular flexibility index (Phi) is 5.92. The highest BCUT2D eigenvalue weighted by Gasteiger charge is 2.11. The standard InChI is InChI=1S/C25H26N2O2/c1-19-5-3-4-6-25(19)29-24-11-8-22(9-12-24)26-18-21-7-10-23(17-20(21)2)27-13-15-28-16-14-27/h3-12,17-18H,13-16H2,1-2H3. The molecule has 0 saturated carbocycles. The number of ether oxygens (including phenoxy) is 2. The van der Waals surface area contributed by atoms with Crippen LogP contribution in [-0.4, -0.2) is 32.5 Å². The van der Waals surface area contributed by atoms with Crippen molar-refractivity contribution in [2.24, 2.45) is 4.99 Å². The van der Waals surface area contributed by atoms with Crippen molar-refractivity contribution in [3.8, 4) is 11.5 Å². The lowest BCUT2D eigenvalue weighted by Crippen LogP contribution is -2.36. The molecule has 1 aliphatic heterocycles. The Balaban J connectivity index is 1.43. The van der Waals surface area contributed by atoms with E-state index >= 15 is 0 Å². The van der Waals surface area contributed by atoms with Crippen LogP contribution in [0, 0.1) is 13.8 Å². The molecular weight excluding hydrogens is 360 g/mol. The van der Waals surface area contributed by atoms with E-state index < -0.39 is 0 Å². The summed E-state index contributed by atoms with van der Waals surface area (Å²) in [6, 6.07) is 22.4. The molecule has 0 aromatic heterocycles. The number of aryl methyl sites for hydroxylation is 2. The zero-order chi connectivity index (χ0) is 20.1. The van der Waals surface area contributed by atoms with E-state index in [0.717, 1.165) is 54.6 Å². The monoisotopic (exact) mass is 386 g/mol. The van der Waals surface area contributed by atoms with E-state index in [-0.39, 0.29) is 0 Å². The van der Waals surface area contributed by atoms with Crippen LogP contribution in [0.25, 0.3) is 0 Å². The average molecular weight is 386 g/mol. The second-order valence-corrected chi connectivity index (χ2v) is 7.26. The van der Waals surface area contributed by atoms with Crippen LogP contribution in [0.2, 0.25) is 0 Å². The van der Waals surface area contributed by atoms with Crippen LogP contribution in [-0.2, 0) is 4.74 Å². The summed E-state index contributed by atoms with van der Waals surface area (Å²) in [6.45, 7) is 7.66. The van der Waals surface area contributed by atoms with Crippen LogP contribution in [0.4, 0.5) is 11.4 Å². The molecule has 0 bridgehead atoms. The Bertz CT molecular complexity index is 990. The fraction of sp³-hybridized carbons (Fsp3) is 0.240. The predicted octanol–water partition coefficient (Wildman–Crippen LogP) is 5.68. The lowest BCUT2D eigenvalue weighted by atomic mass is 10.1. The fourth-order valence-corrected chi connectivity index (χ4v) is 3.37. The normalized spacial score (nSPS) is 14.3. The number of hydrogen-bond donors (Lipinski definition) is 0. The van der Waals surface area contributed by atoms with E-state index in [9.17, 15) is 0 Å². The van der Waals surface area contributed by atoms with E-state index in [2.05, 4.69) is 35.0 Å². The molecule has 4 rings (SSSR count). The van der Waals surface area contributed by atoms with Crippen molar-refractivity contribution in [3.05, 3.63) is 83.4 Å². The van der Waals surface area contributed by atoms with Crippen LogP contribution in [0.5, 0.6) is 11.5 Å². The Morgan fingerprint density at radius 3 is 2.38 bits per heavy atom. The second-order valence-electron chi connectivity index (χ2n) is 7.26. The quantitative estimate of drug-likeness (QED) is 0.529. The Labute approximate surface area is 172 Å². The van der Waals surface area contributed by atoms with Gasteiger partial charge in [0.25, 0.3) is 0 Å². The molecule has 0 aliphatic carbocycles. The fourth-order valence-electron chi connectivity index (χ4n) is 3.37. The van der Waals surface area contributed by atoms with Gasteiger partial charge in [-0.25, -0.2) is 0 Å². The summed E-state index contributed by atoms with van der Waals surface area (Å²) in [5.74, 6) is 1.68. The van der Waals surface area contributed by atoms with Gasteiger partial charge in [-0.1, -0.05) is 24.3 Å². The predicted molar refractivity (Wildman–Crippen MR) is 119 cm³/mol. The summed E-state index contributed by atoms with van der Waals surface area (Å²) >= 11 is 0. The largest absolute Gasteiger partial charge is 0.457 e. The number of nitrogens with zero attached hydrogens (tertiary/aromatic N) is 2. The van der Waals surface area contributed by atoms with Gasteiger partial charge >= 0.3 is 0 Å². The molecule has 3 aromatic rings. The van der Waals surface area contributed by atoms with Crippen molar-refractivity contribution in [2.75, 3.05) is 31.2 Å². The molecule has 29 heavy (non-hydrogen) atoms. The highest BCUT2D eigenvalue weighted by Crippen LogP contribution is 2.26. The average Bonchev–Trinajstić information content (AvgIpc) is 2.76. The van der Waals surface area contributed by atoms with Crippen molar-refractivity contribution in [2.45, 2.75) is 13.8 Å². The number of anilines is 1. The molecule has 1 aliphatic rings. The molecule has 0 spiro atoms. The minimum absolute atomic E-state index is 0.797. The van der Waals surface area contributed by atoms with E-state index in [4.69, 9.17) is 9.47 Å². The van der Waals surface area contributed by atoms with Gasteiger partial charge in [0.15, 0.2) is 0 Å². The van der Waals surface area contributed by atoms with E-state index in [1.807, 2.05) is 61.7 Å². The van der Waals surface area contributed by atoms with Crippen LogP contribution >= 0.6 is 0 Å².